The molecule has 3 nitrogen and oxygen atoms in total. The number of nitrogens with zero attached hydrogens (tertiary/aromatic N) is 1. The first-order valence-electron chi connectivity index (χ1n) is 6.04. The summed E-state index contributed by atoms with van der Waals surface area (Å²) in [7, 11) is 0.404. The standard InChI is InChI=1S/C14H21NO2Si/c1-10(16)12-9-11(7-8-15-12)14(5,6)17-18-13(2,3)4/h7-9H,1-6H3. The second-order valence-corrected chi connectivity index (χ2v) is 7.86. The van der Waals surface area contributed by atoms with Crippen molar-refractivity contribution in [2.75, 3.05) is 0 Å². The highest BCUT2D eigenvalue weighted by atomic mass is 28.2. The third kappa shape index (κ3) is 4.35. The quantitative estimate of drug-likeness (QED) is 0.617. The number of carbonyl (C=O) groups is 1. The van der Waals surface area contributed by atoms with Crippen molar-refractivity contribution < 1.29 is 9.22 Å². The van der Waals surface area contributed by atoms with Gasteiger partial charge in [0.2, 0.25) is 9.76 Å². The van der Waals surface area contributed by atoms with Crippen LogP contribution in [0.1, 0.15) is 57.6 Å². The van der Waals surface area contributed by atoms with Gasteiger partial charge in [0.1, 0.15) is 5.69 Å². The van der Waals surface area contributed by atoms with Gasteiger partial charge in [0.15, 0.2) is 5.78 Å². The van der Waals surface area contributed by atoms with Gasteiger partial charge in [-0.3, -0.25) is 9.78 Å². The molecule has 0 spiro atoms. The Bertz CT molecular complexity index is 436. The maximum atomic E-state index is 11.3. The van der Waals surface area contributed by atoms with Crippen LogP contribution in [0.5, 0.6) is 0 Å². The van der Waals surface area contributed by atoms with E-state index in [0.717, 1.165) is 5.56 Å². The number of aromatic nitrogens is 1. The van der Waals surface area contributed by atoms with Gasteiger partial charge >= 0.3 is 0 Å². The SMILES string of the molecule is CC(=O)c1cc(C(C)(C)O[Si]C(C)(C)C)ccn1. The van der Waals surface area contributed by atoms with Crippen LogP contribution in [0.4, 0.5) is 0 Å². The molecule has 0 saturated carbocycles. The van der Waals surface area contributed by atoms with Crippen LogP contribution < -0.4 is 0 Å². The predicted molar refractivity (Wildman–Crippen MR) is 73.8 cm³/mol. The van der Waals surface area contributed by atoms with Gasteiger partial charge < -0.3 is 4.43 Å². The lowest BCUT2D eigenvalue weighted by Crippen LogP contribution is -2.28. The summed E-state index contributed by atoms with van der Waals surface area (Å²) in [6.45, 7) is 12.0. The molecule has 0 saturated heterocycles. The van der Waals surface area contributed by atoms with Crippen LogP contribution in [-0.2, 0) is 10.0 Å². The van der Waals surface area contributed by atoms with Gasteiger partial charge in [-0.2, -0.15) is 0 Å². The van der Waals surface area contributed by atoms with Crippen LogP contribution in [0, 0.1) is 0 Å². The molecule has 0 bridgehead atoms. The molecule has 1 aromatic rings. The van der Waals surface area contributed by atoms with Gasteiger partial charge in [0, 0.05) is 13.1 Å². The van der Waals surface area contributed by atoms with Crippen molar-refractivity contribution in [3.05, 3.63) is 29.6 Å². The normalized spacial score (nSPS) is 12.6. The average Bonchev–Trinajstić information content (AvgIpc) is 2.26. The summed E-state index contributed by atoms with van der Waals surface area (Å²) in [5, 5.41) is 0.147. The molecule has 0 fully saturated rings. The van der Waals surface area contributed by atoms with Crippen LogP contribution in [-0.4, -0.2) is 20.5 Å². The third-order valence-electron chi connectivity index (χ3n) is 2.43. The van der Waals surface area contributed by atoms with Crippen molar-refractivity contribution in [2.24, 2.45) is 0 Å². The number of ketones is 1. The van der Waals surface area contributed by atoms with E-state index in [4.69, 9.17) is 4.43 Å². The molecule has 2 radical (unpaired) electrons. The molecule has 1 heterocycles. The zero-order valence-corrected chi connectivity index (χ0v) is 13.0. The molecule has 0 aromatic carbocycles. The van der Waals surface area contributed by atoms with Gasteiger partial charge in [-0.05, 0) is 36.6 Å². The molecule has 0 aliphatic carbocycles. The van der Waals surface area contributed by atoms with Crippen molar-refractivity contribution in [3.8, 4) is 0 Å². The summed E-state index contributed by atoms with van der Waals surface area (Å²) >= 11 is 0. The van der Waals surface area contributed by atoms with Crippen LogP contribution in [0.3, 0.4) is 0 Å². The van der Waals surface area contributed by atoms with Crippen molar-refractivity contribution in [2.45, 2.75) is 52.2 Å². The smallest absolute Gasteiger partial charge is 0.236 e. The van der Waals surface area contributed by atoms with Crippen LogP contribution in [0.15, 0.2) is 18.3 Å². The van der Waals surface area contributed by atoms with Crippen molar-refractivity contribution in [3.63, 3.8) is 0 Å². The third-order valence-corrected chi connectivity index (χ3v) is 3.65. The second kappa shape index (κ2) is 5.32. The van der Waals surface area contributed by atoms with Gasteiger partial charge in [-0.25, -0.2) is 0 Å². The maximum absolute atomic E-state index is 11.3. The first-order valence-corrected chi connectivity index (χ1v) is 6.95. The molecule has 0 aliphatic heterocycles. The summed E-state index contributed by atoms with van der Waals surface area (Å²) < 4.78 is 6.00. The Hall–Kier alpha value is -1.00. The molecule has 18 heavy (non-hydrogen) atoms. The molecule has 0 atom stereocenters. The second-order valence-electron chi connectivity index (χ2n) is 5.95. The number of carbonyl (C=O) groups excluding carboxylic acids is 1. The molecule has 0 unspecified atom stereocenters. The fourth-order valence-electron chi connectivity index (χ4n) is 1.34. The molecule has 1 aromatic heterocycles. The Morgan fingerprint density at radius 1 is 1.28 bits per heavy atom. The van der Waals surface area contributed by atoms with Crippen LogP contribution in [0.2, 0.25) is 5.04 Å². The largest absolute Gasteiger partial charge is 0.408 e. The van der Waals surface area contributed by atoms with Crippen molar-refractivity contribution in [1.82, 2.24) is 4.98 Å². The summed E-state index contributed by atoms with van der Waals surface area (Å²) in [6, 6.07) is 3.72. The molecule has 4 heteroatoms. The predicted octanol–water partition coefficient (Wildman–Crippen LogP) is 3.37. The van der Waals surface area contributed by atoms with Crippen molar-refractivity contribution in [1.29, 1.82) is 0 Å². The molecule has 1 rings (SSSR count). The summed E-state index contributed by atoms with van der Waals surface area (Å²) in [5.41, 5.74) is 1.07. The number of hydrogen-bond acceptors (Lipinski definition) is 3. The van der Waals surface area contributed by atoms with Gasteiger partial charge in [0.25, 0.3) is 0 Å². The minimum Gasteiger partial charge on any atom is -0.408 e. The summed E-state index contributed by atoms with van der Waals surface area (Å²) in [4.78, 5) is 15.4. The van der Waals surface area contributed by atoms with E-state index in [0.29, 0.717) is 15.5 Å². The van der Waals surface area contributed by atoms with E-state index in [1.54, 1.807) is 6.20 Å². The Morgan fingerprint density at radius 2 is 1.89 bits per heavy atom. The van der Waals surface area contributed by atoms with Crippen LogP contribution >= 0.6 is 0 Å². The number of rotatable bonds is 4. The lowest BCUT2D eigenvalue weighted by atomic mass is 9.98. The van der Waals surface area contributed by atoms with E-state index in [2.05, 4.69) is 25.8 Å². The van der Waals surface area contributed by atoms with E-state index >= 15 is 0 Å². The van der Waals surface area contributed by atoms with E-state index in [9.17, 15) is 4.79 Å². The minimum atomic E-state index is -0.404. The summed E-state index contributed by atoms with van der Waals surface area (Å²) in [6.07, 6.45) is 1.66. The number of hydrogen-bond donors (Lipinski definition) is 0. The lowest BCUT2D eigenvalue weighted by molar-refractivity contribution is 0.100. The molecule has 0 aliphatic rings. The molecule has 0 amide bonds. The highest BCUT2D eigenvalue weighted by molar-refractivity contribution is 6.31. The Labute approximate surface area is 112 Å². The maximum Gasteiger partial charge on any atom is 0.236 e. The van der Waals surface area contributed by atoms with E-state index in [1.165, 1.54) is 6.92 Å². The fourth-order valence-corrected chi connectivity index (χ4v) is 2.02. The Kier molecular flexibility index (Phi) is 4.45. The zero-order valence-electron chi connectivity index (χ0n) is 12.0. The highest BCUT2D eigenvalue weighted by Gasteiger charge is 2.25. The number of Topliss-reactive ketones (excluding diaryl/α,β-unsaturated/α-hetero) is 1. The van der Waals surface area contributed by atoms with Crippen LogP contribution in [0.25, 0.3) is 0 Å². The van der Waals surface area contributed by atoms with Gasteiger partial charge in [-0.1, -0.05) is 20.8 Å². The minimum absolute atomic E-state index is 0.0223. The van der Waals surface area contributed by atoms with Gasteiger partial charge in [-0.15, -0.1) is 0 Å². The Morgan fingerprint density at radius 3 is 2.39 bits per heavy atom. The molecular formula is C14H21NO2Si. The zero-order chi connectivity index (χ0) is 14.0. The lowest BCUT2D eigenvalue weighted by Gasteiger charge is -2.29. The molecule has 98 valence electrons. The first-order chi connectivity index (χ1) is 8.12. The van der Waals surface area contributed by atoms with E-state index < -0.39 is 5.60 Å². The molecular weight excluding hydrogens is 242 g/mol. The monoisotopic (exact) mass is 263 g/mol. The summed E-state index contributed by atoms with van der Waals surface area (Å²) in [5.74, 6) is -0.0223. The van der Waals surface area contributed by atoms with Crippen molar-refractivity contribution >= 4 is 15.5 Å². The van der Waals surface area contributed by atoms with Gasteiger partial charge in [0.05, 0.1) is 5.60 Å². The van der Waals surface area contributed by atoms with E-state index in [1.807, 2.05) is 26.0 Å². The topological polar surface area (TPSA) is 39.2 Å². The molecule has 0 N–H and O–H groups in total. The fraction of sp³-hybridized carbons (Fsp3) is 0.571. The Balaban J connectivity index is 2.90. The highest BCUT2D eigenvalue weighted by Crippen LogP contribution is 2.29. The van der Waals surface area contributed by atoms with E-state index in [-0.39, 0.29) is 10.8 Å². The number of pyridine rings is 1. The first kappa shape index (κ1) is 15.1. The average molecular weight is 263 g/mol.